The number of furan rings is 1. The van der Waals surface area contributed by atoms with Gasteiger partial charge in [-0.2, -0.15) is 13.2 Å². The lowest BCUT2D eigenvalue weighted by Crippen LogP contribution is -2.20. The maximum Gasteiger partial charge on any atom is 0.417 e. The van der Waals surface area contributed by atoms with Crippen molar-refractivity contribution in [2.75, 3.05) is 0 Å². The summed E-state index contributed by atoms with van der Waals surface area (Å²) < 4.78 is 47.3. The van der Waals surface area contributed by atoms with Gasteiger partial charge in [-0.1, -0.05) is 13.3 Å². The van der Waals surface area contributed by atoms with Crippen LogP contribution in [0.4, 0.5) is 13.2 Å². The monoisotopic (exact) mass is 369 g/mol. The highest BCUT2D eigenvalue weighted by atomic mass is 32.1. The van der Waals surface area contributed by atoms with Crippen molar-refractivity contribution in [2.24, 2.45) is 0 Å². The Morgan fingerprint density at radius 1 is 1.40 bits per heavy atom. The fraction of sp³-hybridized carbons (Fsp3) is 0.312. The highest BCUT2D eigenvalue weighted by molar-refractivity contribution is 7.71. The molecule has 0 spiro atoms. The summed E-state index contributed by atoms with van der Waals surface area (Å²) in [4.78, 5) is 18.8. The third-order valence-electron chi connectivity index (χ3n) is 3.76. The van der Waals surface area contributed by atoms with Crippen LogP contribution in [0.25, 0.3) is 22.5 Å². The number of aromatic nitrogens is 3. The molecule has 0 aromatic carbocycles. The Bertz CT molecular complexity index is 1020. The summed E-state index contributed by atoms with van der Waals surface area (Å²) in [6, 6.07) is 3.88. The molecule has 5 nitrogen and oxygen atoms in total. The SMILES string of the molecule is CCCCn1c(=S)[nH]c(=O)c2c(C(F)(F)F)cc(-c3ccco3)nc21. The van der Waals surface area contributed by atoms with E-state index in [9.17, 15) is 18.0 Å². The molecule has 0 saturated carbocycles. The average molecular weight is 369 g/mol. The van der Waals surface area contributed by atoms with Crippen LogP contribution in [0.5, 0.6) is 0 Å². The van der Waals surface area contributed by atoms with E-state index in [0.717, 1.165) is 12.5 Å². The predicted molar refractivity (Wildman–Crippen MR) is 88.8 cm³/mol. The lowest BCUT2D eigenvalue weighted by molar-refractivity contribution is -0.136. The minimum absolute atomic E-state index is 0.00456. The molecule has 0 radical (unpaired) electrons. The van der Waals surface area contributed by atoms with Gasteiger partial charge < -0.3 is 8.98 Å². The largest absolute Gasteiger partial charge is 0.463 e. The van der Waals surface area contributed by atoms with E-state index < -0.39 is 22.7 Å². The molecule has 0 aliphatic heterocycles. The number of unbranched alkanes of at least 4 members (excludes halogenated alkanes) is 1. The molecule has 3 aromatic heterocycles. The predicted octanol–water partition coefficient (Wildman–Crippen LogP) is 4.53. The smallest absolute Gasteiger partial charge is 0.417 e. The van der Waals surface area contributed by atoms with Gasteiger partial charge in [0, 0.05) is 6.54 Å². The van der Waals surface area contributed by atoms with Gasteiger partial charge >= 0.3 is 6.18 Å². The number of H-pyrrole nitrogens is 1. The summed E-state index contributed by atoms with van der Waals surface area (Å²) in [6.45, 7) is 2.30. The number of nitrogens with zero attached hydrogens (tertiary/aromatic N) is 2. The maximum absolute atomic E-state index is 13.6. The van der Waals surface area contributed by atoms with E-state index >= 15 is 0 Å². The molecule has 9 heteroatoms. The van der Waals surface area contributed by atoms with Gasteiger partial charge in [0.05, 0.1) is 17.2 Å². The first kappa shape index (κ1) is 17.4. The van der Waals surface area contributed by atoms with Gasteiger partial charge in [0.25, 0.3) is 5.56 Å². The average Bonchev–Trinajstić information content (AvgIpc) is 3.07. The molecule has 132 valence electrons. The fourth-order valence-corrected chi connectivity index (χ4v) is 2.84. The minimum Gasteiger partial charge on any atom is -0.463 e. The molecule has 3 aromatic rings. The third-order valence-corrected chi connectivity index (χ3v) is 4.09. The van der Waals surface area contributed by atoms with E-state index in [1.807, 2.05) is 6.92 Å². The van der Waals surface area contributed by atoms with E-state index in [1.54, 1.807) is 6.07 Å². The summed E-state index contributed by atoms with van der Waals surface area (Å²) in [5, 5.41) is -0.521. The van der Waals surface area contributed by atoms with Crippen LogP contribution in [0.1, 0.15) is 25.3 Å². The molecule has 3 rings (SSSR count). The Morgan fingerprint density at radius 2 is 2.16 bits per heavy atom. The zero-order valence-electron chi connectivity index (χ0n) is 13.2. The van der Waals surface area contributed by atoms with Gasteiger partial charge in [-0.15, -0.1) is 0 Å². The molecule has 1 N–H and O–H groups in total. The van der Waals surface area contributed by atoms with Crippen molar-refractivity contribution in [3.8, 4) is 11.5 Å². The molecule has 0 aliphatic rings. The van der Waals surface area contributed by atoms with Crippen LogP contribution < -0.4 is 5.56 Å². The van der Waals surface area contributed by atoms with Crippen LogP contribution in [0, 0.1) is 4.77 Å². The van der Waals surface area contributed by atoms with Crippen LogP contribution >= 0.6 is 12.2 Å². The molecule has 0 unspecified atom stereocenters. The first-order valence-corrected chi connectivity index (χ1v) is 8.02. The van der Waals surface area contributed by atoms with Crippen molar-refractivity contribution in [3.63, 3.8) is 0 Å². The highest BCUT2D eigenvalue weighted by Crippen LogP contribution is 2.35. The number of hydrogen-bond donors (Lipinski definition) is 1. The molecule has 0 aliphatic carbocycles. The number of hydrogen-bond acceptors (Lipinski definition) is 4. The minimum atomic E-state index is -4.72. The van der Waals surface area contributed by atoms with Crippen molar-refractivity contribution in [1.29, 1.82) is 0 Å². The van der Waals surface area contributed by atoms with E-state index in [4.69, 9.17) is 16.6 Å². The van der Waals surface area contributed by atoms with Crippen molar-refractivity contribution < 1.29 is 17.6 Å². The molecule has 0 atom stereocenters. The van der Waals surface area contributed by atoms with Crippen molar-refractivity contribution in [2.45, 2.75) is 32.5 Å². The van der Waals surface area contributed by atoms with Gasteiger partial charge in [0.15, 0.2) is 10.5 Å². The van der Waals surface area contributed by atoms with Crippen LogP contribution in [-0.4, -0.2) is 14.5 Å². The van der Waals surface area contributed by atoms with Crippen molar-refractivity contribution >= 4 is 23.3 Å². The fourth-order valence-electron chi connectivity index (χ4n) is 2.57. The number of pyridine rings is 1. The van der Waals surface area contributed by atoms with Gasteiger partial charge in [-0.25, -0.2) is 4.98 Å². The van der Waals surface area contributed by atoms with Crippen LogP contribution in [-0.2, 0) is 12.7 Å². The molecule has 0 bridgehead atoms. The van der Waals surface area contributed by atoms with Crippen LogP contribution in [0.15, 0.2) is 33.7 Å². The second-order valence-corrected chi connectivity index (χ2v) is 5.88. The van der Waals surface area contributed by atoms with Gasteiger partial charge in [0.2, 0.25) is 0 Å². The first-order chi connectivity index (χ1) is 11.8. The second-order valence-electron chi connectivity index (χ2n) is 5.49. The summed E-state index contributed by atoms with van der Waals surface area (Å²) in [7, 11) is 0. The molecule has 3 heterocycles. The highest BCUT2D eigenvalue weighted by Gasteiger charge is 2.35. The number of nitrogens with one attached hydrogen (secondary N) is 1. The Kier molecular flexibility index (Phi) is 4.51. The molecule has 25 heavy (non-hydrogen) atoms. The topological polar surface area (TPSA) is 63.8 Å². The molecule has 0 saturated heterocycles. The van der Waals surface area contributed by atoms with Gasteiger partial charge in [0.1, 0.15) is 11.3 Å². The molecular formula is C16H14F3N3O2S. The number of fused-ring (bicyclic) bond motifs is 1. The summed E-state index contributed by atoms with van der Waals surface area (Å²) in [5.41, 5.74) is -2.07. The summed E-state index contributed by atoms with van der Waals surface area (Å²) in [5.74, 6) is 0.181. The van der Waals surface area contributed by atoms with E-state index in [-0.39, 0.29) is 21.9 Å². The lowest BCUT2D eigenvalue weighted by atomic mass is 10.1. The van der Waals surface area contributed by atoms with E-state index in [2.05, 4.69) is 9.97 Å². The number of rotatable bonds is 4. The molecule has 0 fully saturated rings. The lowest BCUT2D eigenvalue weighted by Gasteiger charge is -2.15. The quantitative estimate of drug-likeness (QED) is 0.686. The standard InChI is InChI=1S/C16H14F3N3O2S/c1-2-3-6-22-13-12(14(23)21-15(22)25)9(16(17,18)19)8-10(20-13)11-5-4-7-24-11/h4-5,7-8H,2-3,6H2,1H3,(H,21,23,25). The maximum atomic E-state index is 13.6. The van der Waals surface area contributed by atoms with Gasteiger partial charge in [-0.3, -0.25) is 9.78 Å². The van der Waals surface area contributed by atoms with Crippen molar-refractivity contribution in [3.05, 3.63) is 45.2 Å². The normalized spacial score (nSPS) is 12.0. The summed E-state index contributed by atoms with van der Waals surface area (Å²) in [6.07, 6.45) is -1.88. The summed E-state index contributed by atoms with van der Waals surface area (Å²) >= 11 is 5.12. The zero-order valence-corrected chi connectivity index (χ0v) is 14.0. The zero-order chi connectivity index (χ0) is 18.2. The Balaban J connectivity index is 2.44. The first-order valence-electron chi connectivity index (χ1n) is 7.62. The number of aromatic amines is 1. The van der Waals surface area contributed by atoms with Crippen LogP contribution in [0.2, 0.25) is 0 Å². The second kappa shape index (κ2) is 6.47. The van der Waals surface area contributed by atoms with Crippen LogP contribution in [0.3, 0.4) is 0 Å². The van der Waals surface area contributed by atoms with Gasteiger partial charge in [-0.05, 0) is 36.8 Å². The molecule has 0 amide bonds. The Morgan fingerprint density at radius 3 is 2.76 bits per heavy atom. The van der Waals surface area contributed by atoms with Crippen molar-refractivity contribution in [1.82, 2.24) is 14.5 Å². The van der Waals surface area contributed by atoms with E-state index in [0.29, 0.717) is 13.0 Å². The Labute approximate surface area is 145 Å². The number of halogens is 3. The van der Waals surface area contributed by atoms with E-state index in [1.165, 1.54) is 16.9 Å². The third kappa shape index (κ3) is 3.23. The Hall–Kier alpha value is -2.42. The number of aryl methyl sites for hydroxylation is 1. The number of alkyl halides is 3. The molecular weight excluding hydrogens is 355 g/mol.